The lowest BCUT2D eigenvalue weighted by molar-refractivity contribution is 0.395. The fourth-order valence-corrected chi connectivity index (χ4v) is 4.53. The number of nitrogens with zero attached hydrogens (tertiary/aromatic N) is 4. The highest BCUT2D eigenvalue weighted by atomic mass is 32.2. The Labute approximate surface area is 181 Å². The van der Waals surface area contributed by atoms with Gasteiger partial charge in [0.15, 0.2) is 5.69 Å². The highest BCUT2D eigenvalue weighted by Gasteiger charge is 2.24. The van der Waals surface area contributed by atoms with Crippen molar-refractivity contribution in [3.05, 3.63) is 71.2 Å². The second-order valence-electron chi connectivity index (χ2n) is 7.39. The van der Waals surface area contributed by atoms with Gasteiger partial charge >= 0.3 is 0 Å². The summed E-state index contributed by atoms with van der Waals surface area (Å²) in [4.78, 5) is 8.46. The molecule has 0 amide bonds. The van der Waals surface area contributed by atoms with Crippen LogP contribution in [0.3, 0.4) is 0 Å². The van der Waals surface area contributed by atoms with Crippen molar-refractivity contribution in [2.24, 2.45) is 5.73 Å². The van der Waals surface area contributed by atoms with E-state index in [9.17, 15) is 8.42 Å². The minimum absolute atomic E-state index is 0.256. The van der Waals surface area contributed by atoms with Crippen LogP contribution in [0, 0.1) is 11.3 Å². The molecule has 0 radical (unpaired) electrons. The molecular formula is C22H22N6O2S. The average molecular weight is 435 g/mol. The summed E-state index contributed by atoms with van der Waals surface area (Å²) in [5, 5.41) is 12.4. The zero-order chi connectivity index (χ0) is 22.0. The molecule has 158 valence electrons. The van der Waals surface area contributed by atoms with Gasteiger partial charge in [-0.15, -0.1) is 0 Å². The Kier molecular flexibility index (Phi) is 5.69. The molecule has 1 aromatic heterocycles. The molecule has 9 heteroatoms. The predicted octanol–water partition coefficient (Wildman–Crippen LogP) is 2.54. The quantitative estimate of drug-likeness (QED) is 0.632. The summed E-state index contributed by atoms with van der Waals surface area (Å²) >= 11 is 0. The van der Waals surface area contributed by atoms with Crippen molar-refractivity contribution in [3.8, 4) is 17.3 Å². The molecule has 1 aliphatic heterocycles. The topological polar surface area (TPSA) is 125 Å². The average Bonchev–Trinajstić information content (AvgIpc) is 2.78. The Bertz CT molecular complexity index is 1270. The standard InChI is InChI=1S/C22H22N6O2S/c1-31(29,30)28-8-7-19-16(14-28)3-2-4-21(19)27-17-6-5-15(10-23)20(9-17)22-13-25-18(11-24)12-26-22/h2-6,9,12-13,27H,7-8,10,14,23H2,1H3. The number of nitrogens with two attached hydrogens (primary N) is 1. The number of hydrogen-bond acceptors (Lipinski definition) is 7. The third kappa shape index (κ3) is 4.41. The van der Waals surface area contributed by atoms with E-state index < -0.39 is 10.0 Å². The maximum Gasteiger partial charge on any atom is 0.211 e. The highest BCUT2D eigenvalue weighted by molar-refractivity contribution is 7.88. The van der Waals surface area contributed by atoms with Gasteiger partial charge in [-0.1, -0.05) is 18.2 Å². The number of nitrogens with one attached hydrogen (secondary N) is 1. The number of fused-ring (bicyclic) bond motifs is 1. The predicted molar refractivity (Wildman–Crippen MR) is 119 cm³/mol. The Balaban J connectivity index is 1.66. The number of rotatable bonds is 5. The first-order chi connectivity index (χ1) is 14.9. The molecule has 8 nitrogen and oxygen atoms in total. The van der Waals surface area contributed by atoms with E-state index in [0.717, 1.165) is 33.6 Å². The molecule has 0 bridgehead atoms. The molecule has 3 aromatic rings. The van der Waals surface area contributed by atoms with Crippen molar-refractivity contribution in [3.63, 3.8) is 0 Å². The van der Waals surface area contributed by atoms with Crippen LogP contribution in [0.2, 0.25) is 0 Å². The van der Waals surface area contributed by atoms with Gasteiger partial charge in [0.05, 0.1) is 24.3 Å². The SMILES string of the molecule is CS(=O)(=O)N1CCc2c(cccc2Nc2ccc(CN)c(-c3cnc(C#N)cn3)c2)C1. The summed E-state index contributed by atoms with van der Waals surface area (Å²) < 4.78 is 25.3. The van der Waals surface area contributed by atoms with Crippen LogP contribution in [-0.2, 0) is 29.5 Å². The minimum atomic E-state index is -3.22. The zero-order valence-corrected chi connectivity index (χ0v) is 17.9. The summed E-state index contributed by atoms with van der Waals surface area (Å²) in [6.07, 6.45) is 4.89. The summed E-state index contributed by atoms with van der Waals surface area (Å²) in [6, 6.07) is 13.7. The molecule has 0 fully saturated rings. The van der Waals surface area contributed by atoms with Crippen LogP contribution in [0.25, 0.3) is 11.3 Å². The Morgan fingerprint density at radius 2 is 2.06 bits per heavy atom. The van der Waals surface area contributed by atoms with Crippen molar-refractivity contribution < 1.29 is 8.42 Å². The number of sulfonamides is 1. The second-order valence-corrected chi connectivity index (χ2v) is 9.37. The molecule has 0 aliphatic carbocycles. The monoisotopic (exact) mass is 434 g/mol. The molecule has 1 aliphatic rings. The largest absolute Gasteiger partial charge is 0.355 e. The molecule has 0 saturated heterocycles. The Morgan fingerprint density at radius 1 is 1.23 bits per heavy atom. The van der Waals surface area contributed by atoms with Gasteiger partial charge < -0.3 is 11.1 Å². The lowest BCUT2D eigenvalue weighted by Gasteiger charge is -2.28. The van der Waals surface area contributed by atoms with Crippen LogP contribution in [0.5, 0.6) is 0 Å². The first-order valence-electron chi connectivity index (χ1n) is 9.77. The third-order valence-electron chi connectivity index (χ3n) is 5.35. The van der Waals surface area contributed by atoms with Crippen LogP contribution < -0.4 is 11.1 Å². The van der Waals surface area contributed by atoms with Crippen LogP contribution in [0.4, 0.5) is 11.4 Å². The highest BCUT2D eigenvalue weighted by Crippen LogP contribution is 2.31. The molecule has 3 N–H and O–H groups in total. The lowest BCUT2D eigenvalue weighted by atomic mass is 9.98. The van der Waals surface area contributed by atoms with Gasteiger partial charge in [0.25, 0.3) is 0 Å². The van der Waals surface area contributed by atoms with Gasteiger partial charge in [0.2, 0.25) is 10.0 Å². The van der Waals surface area contributed by atoms with E-state index in [4.69, 9.17) is 11.0 Å². The fourth-order valence-electron chi connectivity index (χ4n) is 3.73. The van der Waals surface area contributed by atoms with Crippen molar-refractivity contribution >= 4 is 21.4 Å². The summed E-state index contributed by atoms with van der Waals surface area (Å²) in [5.41, 5.74) is 12.5. The number of nitriles is 1. The molecule has 2 aromatic carbocycles. The zero-order valence-electron chi connectivity index (χ0n) is 17.0. The van der Waals surface area contributed by atoms with E-state index in [0.29, 0.717) is 31.7 Å². The molecule has 0 unspecified atom stereocenters. The van der Waals surface area contributed by atoms with Gasteiger partial charge in [-0.25, -0.2) is 13.4 Å². The molecule has 2 heterocycles. The van der Waals surface area contributed by atoms with Crippen LogP contribution in [-0.4, -0.2) is 35.5 Å². The molecule has 4 rings (SSSR count). The number of anilines is 2. The van der Waals surface area contributed by atoms with Gasteiger partial charge in [-0.3, -0.25) is 4.98 Å². The van der Waals surface area contributed by atoms with E-state index in [-0.39, 0.29) is 5.69 Å². The minimum Gasteiger partial charge on any atom is -0.355 e. The van der Waals surface area contributed by atoms with E-state index in [2.05, 4.69) is 15.3 Å². The molecule has 0 saturated carbocycles. The van der Waals surface area contributed by atoms with Gasteiger partial charge in [-0.05, 0) is 41.3 Å². The molecule has 0 atom stereocenters. The first kappa shape index (κ1) is 20.9. The Morgan fingerprint density at radius 3 is 2.74 bits per heavy atom. The van der Waals surface area contributed by atoms with Gasteiger partial charge in [0, 0.05) is 36.6 Å². The van der Waals surface area contributed by atoms with Crippen molar-refractivity contribution in [1.29, 1.82) is 5.26 Å². The fraction of sp³-hybridized carbons (Fsp3) is 0.227. The maximum atomic E-state index is 11.9. The summed E-state index contributed by atoms with van der Waals surface area (Å²) in [5.74, 6) is 0. The molecular weight excluding hydrogens is 412 g/mol. The first-order valence-corrected chi connectivity index (χ1v) is 11.6. The lowest BCUT2D eigenvalue weighted by Crippen LogP contribution is -2.35. The molecule has 31 heavy (non-hydrogen) atoms. The van der Waals surface area contributed by atoms with Gasteiger partial charge in [0.1, 0.15) is 6.07 Å². The van der Waals surface area contributed by atoms with Crippen molar-refractivity contribution in [2.75, 3.05) is 18.1 Å². The van der Waals surface area contributed by atoms with Crippen LogP contribution in [0.15, 0.2) is 48.8 Å². The van der Waals surface area contributed by atoms with Crippen LogP contribution >= 0.6 is 0 Å². The second kappa shape index (κ2) is 8.43. The van der Waals surface area contributed by atoms with Crippen molar-refractivity contribution in [2.45, 2.75) is 19.5 Å². The number of benzene rings is 2. The van der Waals surface area contributed by atoms with E-state index in [1.54, 1.807) is 6.20 Å². The summed E-state index contributed by atoms with van der Waals surface area (Å²) in [7, 11) is -3.22. The van der Waals surface area contributed by atoms with E-state index >= 15 is 0 Å². The summed E-state index contributed by atoms with van der Waals surface area (Å²) in [6.45, 7) is 1.18. The third-order valence-corrected chi connectivity index (χ3v) is 6.60. The van der Waals surface area contributed by atoms with E-state index in [1.807, 2.05) is 42.5 Å². The Hall–Kier alpha value is -3.32. The number of aromatic nitrogens is 2. The normalized spacial score (nSPS) is 14.0. The van der Waals surface area contributed by atoms with Crippen LogP contribution in [0.1, 0.15) is 22.4 Å². The smallest absolute Gasteiger partial charge is 0.211 e. The maximum absolute atomic E-state index is 11.9. The van der Waals surface area contributed by atoms with Gasteiger partial charge in [-0.2, -0.15) is 9.57 Å². The van der Waals surface area contributed by atoms with E-state index in [1.165, 1.54) is 16.8 Å². The van der Waals surface area contributed by atoms with Crippen molar-refractivity contribution in [1.82, 2.24) is 14.3 Å². The number of hydrogen-bond donors (Lipinski definition) is 2. The molecule has 0 spiro atoms.